The van der Waals surface area contributed by atoms with E-state index in [1.165, 1.54) is 5.56 Å². The molecule has 1 rings (SSSR count). The molecule has 12 heavy (non-hydrogen) atoms. The number of nitriles is 1. The van der Waals surface area contributed by atoms with Gasteiger partial charge in [-0.15, -0.1) is 0 Å². The zero-order valence-corrected chi connectivity index (χ0v) is 7.12. The number of aryl methyl sites for hydroxylation is 1. The van der Waals surface area contributed by atoms with Crippen LogP contribution in [0.3, 0.4) is 0 Å². The van der Waals surface area contributed by atoms with Gasteiger partial charge in [-0.05, 0) is 17.5 Å². The first kappa shape index (κ1) is 8.76. The molecule has 0 saturated heterocycles. The van der Waals surface area contributed by atoms with E-state index >= 15 is 0 Å². The Balaban J connectivity index is 2.86. The van der Waals surface area contributed by atoms with Gasteiger partial charge in [0.2, 0.25) is 0 Å². The predicted molar refractivity (Wildman–Crippen MR) is 48.4 cm³/mol. The molecule has 0 spiro atoms. The first-order valence-corrected chi connectivity index (χ1v) is 4.02. The summed E-state index contributed by atoms with van der Waals surface area (Å²) in [5, 5.41) is 8.54. The van der Waals surface area contributed by atoms with Crippen LogP contribution in [0.2, 0.25) is 0 Å². The van der Waals surface area contributed by atoms with Crippen LogP contribution in [0.25, 0.3) is 0 Å². The molecule has 2 N–H and O–H groups in total. The Morgan fingerprint density at radius 3 is 2.42 bits per heavy atom. The molecule has 0 amide bonds. The van der Waals surface area contributed by atoms with E-state index in [0.717, 1.165) is 12.0 Å². The highest BCUT2D eigenvalue weighted by Crippen LogP contribution is 2.10. The normalized spacial score (nSPS) is 12.1. The van der Waals surface area contributed by atoms with Crippen LogP contribution in [0.5, 0.6) is 0 Å². The fraction of sp³-hybridized carbons (Fsp3) is 0.300. The molecule has 0 aliphatic carbocycles. The van der Waals surface area contributed by atoms with E-state index in [2.05, 4.69) is 6.92 Å². The van der Waals surface area contributed by atoms with Crippen molar-refractivity contribution in [3.63, 3.8) is 0 Å². The van der Waals surface area contributed by atoms with Crippen molar-refractivity contribution in [1.29, 1.82) is 5.26 Å². The lowest BCUT2D eigenvalue weighted by Crippen LogP contribution is -2.06. The minimum absolute atomic E-state index is 0.490. The van der Waals surface area contributed by atoms with Gasteiger partial charge in [-0.3, -0.25) is 0 Å². The summed E-state index contributed by atoms with van der Waals surface area (Å²) in [7, 11) is 0. The Bertz CT molecular complexity index is 282. The molecule has 2 nitrogen and oxygen atoms in total. The number of nitrogens with two attached hydrogens (primary N) is 1. The van der Waals surface area contributed by atoms with Crippen molar-refractivity contribution in [3.05, 3.63) is 35.4 Å². The first-order chi connectivity index (χ1) is 5.77. The number of nitrogens with zero attached hydrogens (tertiary/aromatic N) is 1. The zero-order valence-electron chi connectivity index (χ0n) is 7.12. The maximum atomic E-state index is 8.54. The Labute approximate surface area is 72.6 Å². The van der Waals surface area contributed by atoms with Gasteiger partial charge in [0, 0.05) is 0 Å². The smallest absolute Gasteiger partial charge is 0.118 e. The number of hydrogen-bond donors (Lipinski definition) is 1. The van der Waals surface area contributed by atoms with Crippen LogP contribution >= 0.6 is 0 Å². The molecule has 0 aliphatic rings. The van der Waals surface area contributed by atoms with E-state index in [4.69, 9.17) is 11.0 Å². The van der Waals surface area contributed by atoms with Gasteiger partial charge in [0.25, 0.3) is 0 Å². The van der Waals surface area contributed by atoms with E-state index in [1.807, 2.05) is 30.3 Å². The van der Waals surface area contributed by atoms with Gasteiger partial charge in [-0.1, -0.05) is 31.2 Å². The van der Waals surface area contributed by atoms with E-state index in [-0.39, 0.29) is 0 Å². The Morgan fingerprint density at radius 1 is 1.42 bits per heavy atom. The SMILES string of the molecule is CCc1ccc([C@H](N)C#N)cc1. The molecule has 0 saturated carbocycles. The zero-order chi connectivity index (χ0) is 8.97. The highest BCUT2D eigenvalue weighted by atomic mass is 14.6. The molecular formula is C10H12N2. The van der Waals surface area contributed by atoms with Crippen LogP contribution < -0.4 is 5.73 Å². The highest BCUT2D eigenvalue weighted by molar-refractivity contribution is 5.27. The molecule has 1 aromatic carbocycles. The van der Waals surface area contributed by atoms with Crippen LogP contribution in [0.15, 0.2) is 24.3 Å². The van der Waals surface area contributed by atoms with Crippen LogP contribution in [-0.2, 0) is 6.42 Å². The van der Waals surface area contributed by atoms with Crippen LogP contribution in [-0.4, -0.2) is 0 Å². The third kappa shape index (κ3) is 1.84. The quantitative estimate of drug-likeness (QED) is 0.716. The van der Waals surface area contributed by atoms with Gasteiger partial charge in [0.15, 0.2) is 0 Å². The molecule has 0 unspecified atom stereocenters. The predicted octanol–water partition coefficient (Wildman–Crippen LogP) is 1.77. The van der Waals surface area contributed by atoms with E-state index in [1.54, 1.807) is 0 Å². The van der Waals surface area contributed by atoms with Crippen molar-refractivity contribution >= 4 is 0 Å². The molecule has 0 aliphatic heterocycles. The van der Waals surface area contributed by atoms with Gasteiger partial charge in [0.05, 0.1) is 6.07 Å². The number of hydrogen-bond acceptors (Lipinski definition) is 2. The van der Waals surface area contributed by atoms with Crippen LogP contribution in [0.1, 0.15) is 24.1 Å². The van der Waals surface area contributed by atoms with E-state index in [9.17, 15) is 0 Å². The Hall–Kier alpha value is -1.33. The molecule has 0 radical (unpaired) electrons. The fourth-order valence-corrected chi connectivity index (χ4v) is 1.04. The molecule has 0 heterocycles. The summed E-state index contributed by atoms with van der Waals surface area (Å²) in [4.78, 5) is 0. The minimum atomic E-state index is -0.490. The molecule has 1 aromatic rings. The van der Waals surface area contributed by atoms with Gasteiger partial charge >= 0.3 is 0 Å². The summed E-state index contributed by atoms with van der Waals surface area (Å²) in [6, 6.07) is 9.34. The van der Waals surface area contributed by atoms with Crippen molar-refractivity contribution in [3.8, 4) is 6.07 Å². The number of rotatable bonds is 2. The van der Waals surface area contributed by atoms with Crippen molar-refractivity contribution < 1.29 is 0 Å². The Morgan fingerprint density at radius 2 is 2.00 bits per heavy atom. The molecule has 62 valence electrons. The molecule has 0 aromatic heterocycles. The fourth-order valence-electron chi connectivity index (χ4n) is 1.04. The van der Waals surface area contributed by atoms with Crippen molar-refractivity contribution in [2.24, 2.45) is 5.73 Å². The van der Waals surface area contributed by atoms with Gasteiger partial charge < -0.3 is 5.73 Å². The summed E-state index contributed by atoms with van der Waals surface area (Å²) in [5.74, 6) is 0. The average molecular weight is 160 g/mol. The lowest BCUT2D eigenvalue weighted by atomic mass is 10.1. The van der Waals surface area contributed by atoms with E-state index < -0.39 is 6.04 Å². The standard InChI is InChI=1S/C10H12N2/c1-2-8-3-5-9(6-4-8)10(12)7-11/h3-6,10H,2,12H2,1H3/t10-/m1/s1. The monoisotopic (exact) mass is 160 g/mol. The topological polar surface area (TPSA) is 49.8 Å². The maximum Gasteiger partial charge on any atom is 0.118 e. The van der Waals surface area contributed by atoms with Crippen molar-refractivity contribution in [2.45, 2.75) is 19.4 Å². The summed E-state index contributed by atoms with van der Waals surface area (Å²) in [5.41, 5.74) is 7.68. The molecule has 0 fully saturated rings. The van der Waals surface area contributed by atoms with Gasteiger partial charge in [-0.25, -0.2) is 0 Å². The lowest BCUT2D eigenvalue weighted by molar-refractivity contribution is 0.923. The summed E-state index contributed by atoms with van der Waals surface area (Å²) in [6.07, 6.45) is 1.02. The third-order valence-electron chi connectivity index (χ3n) is 1.89. The molecule has 0 bridgehead atoms. The van der Waals surface area contributed by atoms with Crippen molar-refractivity contribution in [1.82, 2.24) is 0 Å². The second kappa shape index (κ2) is 3.89. The second-order valence-corrected chi connectivity index (χ2v) is 2.70. The second-order valence-electron chi connectivity index (χ2n) is 2.70. The Kier molecular flexibility index (Phi) is 2.84. The largest absolute Gasteiger partial charge is 0.312 e. The van der Waals surface area contributed by atoms with Gasteiger partial charge in [0.1, 0.15) is 6.04 Å². The molecular weight excluding hydrogens is 148 g/mol. The summed E-state index contributed by atoms with van der Waals surface area (Å²) >= 11 is 0. The highest BCUT2D eigenvalue weighted by Gasteiger charge is 2.01. The average Bonchev–Trinajstić information content (AvgIpc) is 2.17. The van der Waals surface area contributed by atoms with Crippen molar-refractivity contribution in [2.75, 3.05) is 0 Å². The third-order valence-corrected chi connectivity index (χ3v) is 1.89. The lowest BCUT2D eigenvalue weighted by Gasteiger charge is -2.03. The summed E-state index contributed by atoms with van der Waals surface area (Å²) < 4.78 is 0. The first-order valence-electron chi connectivity index (χ1n) is 4.02. The number of benzene rings is 1. The molecule has 1 atom stereocenters. The maximum absolute atomic E-state index is 8.54. The van der Waals surface area contributed by atoms with Crippen LogP contribution in [0.4, 0.5) is 0 Å². The summed E-state index contributed by atoms with van der Waals surface area (Å²) in [6.45, 7) is 2.10. The molecule has 2 heteroatoms. The van der Waals surface area contributed by atoms with Crippen LogP contribution in [0, 0.1) is 11.3 Å². The minimum Gasteiger partial charge on any atom is -0.312 e. The van der Waals surface area contributed by atoms with Gasteiger partial charge in [-0.2, -0.15) is 5.26 Å². The van der Waals surface area contributed by atoms with E-state index in [0.29, 0.717) is 0 Å².